The first-order valence-corrected chi connectivity index (χ1v) is 35.4. The molecule has 3 N–H and O–H groups in total. The van der Waals surface area contributed by atoms with Gasteiger partial charge in [0.15, 0.2) is 0 Å². The summed E-state index contributed by atoms with van der Waals surface area (Å²) in [4.78, 5) is 24.6. The summed E-state index contributed by atoms with van der Waals surface area (Å²) in [7, 11) is 0. The first-order chi connectivity index (χ1) is 39.0. The van der Waals surface area contributed by atoms with Crippen molar-refractivity contribution in [2.24, 2.45) is 0 Å². The van der Waals surface area contributed by atoms with Gasteiger partial charge < -0.3 is 20.3 Å². The predicted octanol–water partition coefficient (Wildman–Crippen LogP) is 22.9. The lowest BCUT2D eigenvalue weighted by Gasteiger charge is -2.20. The Labute approximate surface area is 493 Å². The highest BCUT2D eigenvalue weighted by molar-refractivity contribution is 5.76. The number of aliphatic hydroxyl groups is 2. The van der Waals surface area contributed by atoms with E-state index in [1.165, 1.54) is 295 Å². The zero-order valence-electron chi connectivity index (χ0n) is 53.1. The fraction of sp³-hybridized carbons (Fsp3) is 0.863. The molecule has 2 atom stereocenters. The molecule has 6 nitrogen and oxygen atoms in total. The monoisotopic (exact) mass is 1110 g/mol. The summed E-state index contributed by atoms with van der Waals surface area (Å²) in [6.07, 6.45) is 88.9. The van der Waals surface area contributed by atoms with Gasteiger partial charge >= 0.3 is 5.97 Å². The van der Waals surface area contributed by atoms with Crippen molar-refractivity contribution < 1.29 is 24.5 Å². The minimum Gasteiger partial charge on any atom is -0.466 e. The van der Waals surface area contributed by atoms with Gasteiger partial charge in [0.1, 0.15) is 0 Å². The lowest BCUT2D eigenvalue weighted by molar-refractivity contribution is -0.143. The van der Waals surface area contributed by atoms with Crippen LogP contribution in [-0.2, 0) is 14.3 Å². The van der Waals surface area contributed by atoms with Crippen LogP contribution < -0.4 is 5.32 Å². The number of carbonyl (C=O) groups is 2. The molecule has 0 bridgehead atoms. The number of amides is 1. The van der Waals surface area contributed by atoms with Crippen molar-refractivity contribution in [3.05, 3.63) is 48.6 Å². The van der Waals surface area contributed by atoms with Crippen molar-refractivity contribution >= 4 is 11.9 Å². The summed E-state index contributed by atoms with van der Waals surface area (Å²) >= 11 is 0. The number of hydrogen-bond donors (Lipinski definition) is 3. The van der Waals surface area contributed by atoms with E-state index in [1.54, 1.807) is 6.08 Å². The van der Waals surface area contributed by atoms with Gasteiger partial charge in [0.2, 0.25) is 5.91 Å². The topological polar surface area (TPSA) is 95.9 Å². The van der Waals surface area contributed by atoms with Crippen LogP contribution in [0.4, 0.5) is 0 Å². The quantitative estimate of drug-likeness (QED) is 0.0320. The molecule has 79 heavy (non-hydrogen) atoms. The molecule has 0 spiro atoms. The fourth-order valence-electron chi connectivity index (χ4n) is 10.9. The Bertz CT molecular complexity index is 1320. The summed E-state index contributed by atoms with van der Waals surface area (Å²) in [5.74, 6) is -0.0724. The second-order valence-corrected chi connectivity index (χ2v) is 24.2. The van der Waals surface area contributed by atoms with E-state index in [4.69, 9.17) is 4.74 Å². The maximum absolute atomic E-state index is 12.5. The van der Waals surface area contributed by atoms with E-state index < -0.39 is 12.1 Å². The van der Waals surface area contributed by atoms with Crippen molar-refractivity contribution in [3.8, 4) is 0 Å². The number of unbranched alkanes of at least 4 members (excludes halogenated alkanes) is 49. The minimum atomic E-state index is -0.852. The number of ether oxygens (including phenoxy) is 1. The number of rotatable bonds is 66. The van der Waals surface area contributed by atoms with Crippen LogP contribution in [0.3, 0.4) is 0 Å². The lowest BCUT2D eigenvalue weighted by Crippen LogP contribution is -2.45. The molecule has 0 radical (unpaired) electrons. The van der Waals surface area contributed by atoms with E-state index in [-0.39, 0.29) is 18.5 Å². The Balaban J connectivity index is 3.45. The van der Waals surface area contributed by atoms with E-state index in [1.807, 2.05) is 6.08 Å². The summed E-state index contributed by atoms with van der Waals surface area (Å²) in [5.41, 5.74) is 0. The predicted molar refractivity (Wildman–Crippen MR) is 347 cm³/mol. The highest BCUT2D eigenvalue weighted by atomic mass is 16.5. The van der Waals surface area contributed by atoms with Crippen LogP contribution in [0.15, 0.2) is 48.6 Å². The number of carbonyl (C=O) groups excluding carboxylic acids is 2. The van der Waals surface area contributed by atoms with Gasteiger partial charge in [0, 0.05) is 12.8 Å². The van der Waals surface area contributed by atoms with E-state index in [2.05, 4.69) is 55.6 Å². The number of hydrogen-bond acceptors (Lipinski definition) is 5. The largest absolute Gasteiger partial charge is 0.466 e. The maximum Gasteiger partial charge on any atom is 0.305 e. The van der Waals surface area contributed by atoms with Crippen LogP contribution in [0.5, 0.6) is 0 Å². The zero-order chi connectivity index (χ0) is 57.1. The van der Waals surface area contributed by atoms with E-state index in [0.717, 1.165) is 57.8 Å². The highest BCUT2D eigenvalue weighted by Crippen LogP contribution is 2.18. The van der Waals surface area contributed by atoms with Gasteiger partial charge in [-0.1, -0.05) is 326 Å². The van der Waals surface area contributed by atoms with E-state index in [9.17, 15) is 19.8 Å². The molecule has 0 aromatic rings. The summed E-state index contributed by atoms with van der Waals surface area (Å²) in [5, 5.41) is 23.3. The minimum absolute atomic E-state index is 0.000181. The SMILES string of the molecule is CCCCC/C=C\C/C=C\CCCCCCCCCC(=O)OCCCCCCCCCCCC/C=C\CCCCCCCCCC(=O)NC(CO)C(O)/C=C/CCCCCCCCCCCCCCCCCCCCCCCC. The van der Waals surface area contributed by atoms with Gasteiger partial charge in [-0.3, -0.25) is 9.59 Å². The van der Waals surface area contributed by atoms with Crippen LogP contribution in [-0.4, -0.2) is 47.4 Å². The van der Waals surface area contributed by atoms with Crippen molar-refractivity contribution in [1.29, 1.82) is 0 Å². The van der Waals surface area contributed by atoms with Gasteiger partial charge in [0.25, 0.3) is 0 Å². The molecule has 0 aromatic carbocycles. The molecule has 0 aromatic heterocycles. The van der Waals surface area contributed by atoms with E-state index >= 15 is 0 Å². The van der Waals surface area contributed by atoms with Crippen LogP contribution in [0, 0.1) is 0 Å². The lowest BCUT2D eigenvalue weighted by atomic mass is 10.0. The third kappa shape index (κ3) is 64.8. The third-order valence-corrected chi connectivity index (χ3v) is 16.3. The van der Waals surface area contributed by atoms with Crippen LogP contribution >= 0.6 is 0 Å². The van der Waals surface area contributed by atoms with Crippen LogP contribution in [0.1, 0.15) is 380 Å². The molecule has 1 amide bonds. The standard InChI is InChI=1S/C73H137NO5/c1-3-5-7-9-11-13-15-17-19-21-22-23-24-25-27-30-34-37-41-45-49-53-57-61-65-71(76)70(69-75)74-72(77)66-62-58-54-50-46-42-38-35-31-28-26-29-32-36-40-44-48-52-56-60-64-68-79-73(78)67-63-59-55-51-47-43-39-33-20-18-16-14-12-10-8-6-4-2/h12,14,18,20,28,31,61,65,70-71,75-76H,3-11,13,15-17,19,21-27,29-30,32-60,62-64,66-69H2,1-2H3,(H,74,77)/b14-12-,20-18-,31-28-,65-61+. The Hall–Kier alpha value is -2.18. The molecule has 0 fully saturated rings. The third-order valence-electron chi connectivity index (χ3n) is 16.3. The van der Waals surface area contributed by atoms with E-state index in [0.29, 0.717) is 19.4 Å². The van der Waals surface area contributed by atoms with Gasteiger partial charge in [-0.05, 0) is 89.9 Å². The number of aliphatic hydroxyl groups excluding tert-OH is 2. The first kappa shape index (κ1) is 76.8. The fourth-order valence-corrected chi connectivity index (χ4v) is 10.9. The average Bonchev–Trinajstić information content (AvgIpc) is 3.45. The van der Waals surface area contributed by atoms with Gasteiger partial charge in [0.05, 0.1) is 25.4 Å². The van der Waals surface area contributed by atoms with Crippen LogP contribution in [0.2, 0.25) is 0 Å². The Kier molecular flexibility index (Phi) is 66.4. The molecular formula is C73H137NO5. The summed E-state index contributed by atoms with van der Waals surface area (Å²) in [6.45, 7) is 4.90. The molecule has 6 heteroatoms. The van der Waals surface area contributed by atoms with Gasteiger partial charge in [-0.15, -0.1) is 0 Å². The highest BCUT2D eigenvalue weighted by Gasteiger charge is 2.18. The van der Waals surface area contributed by atoms with Gasteiger partial charge in [-0.25, -0.2) is 0 Å². The molecule has 464 valence electrons. The van der Waals surface area contributed by atoms with Crippen molar-refractivity contribution in [2.75, 3.05) is 13.2 Å². The molecule has 0 aliphatic rings. The Morgan fingerprint density at radius 2 is 0.633 bits per heavy atom. The first-order valence-electron chi connectivity index (χ1n) is 35.4. The summed E-state index contributed by atoms with van der Waals surface area (Å²) < 4.78 is 5.49. The Morgan fingerprint density at radius 3 is 1.00 bits per heavy atom. The Morgan fingerprint density at radius 1 is 0.354 bits per heavy atom. The molecule has 0 aliphatic heterocycles. The second-order valence-electron chi connectivity index (χ2n) is 24.2. The molecule has 0 heterocycles. The van der Waals surface area contributed by atoms with Crippen molar-refractivity contribution in [1.82, 2.24) is 5.32 Å². The number of esters is 1. The molecule has 0 rings (SSSR count). The van der Waals surface area contributed by atoms with Crippen molar-refractivity contribution in [2.45, 2.75) is 392 Å². The molecule has 2 unspecified atom stereocenters. The van der Waals surface area contributed by atoms with Crippen molar-refractivity contribution in [3.63, 3.8) is 0 Å². The average molecular weight is 1110 g/mol. The smallest absolute Gasteiger partial charge is 0.305 e. The molecule has 0 aliphatic carbocycles. The van der Waals surface area contributed by atoms with Crippen LogP contribution in [0.25, 0.3) is 0 Å². The summed E-state index contributed by atoms with van der Waals surface area (Å²) in [6, 6.07) is -0.636. The number of nitrogens with one attached hydrogen (secondary N) is 1. The number of allylic oxidation sites excluding steroid dienone is 7. The normalized spacial score (nSPS) is 12.8. The zero-order valence-corrected chi connectivity index (χ0v) is 53.1. The second kappa shape index (κ2) is 68.3. The van der Waals surface area contributed by atoms with Gasteiger partial charge in [-0.2, -0.15) is 0 Å². The maximum atomic E-state index is 12.5. The molecular weight excluding hydrogens is 971 g/mol. The molecule has 0 saturated carbocycles. The molecule has 0 saturated heterocycles.